The van der Waals surface area contributed by atoms with Gasteiger partial charge in [-0.25, -0.2) is 0 Å². The molecule has 1 aromatic heterocycles. The smallest absolute Gasteiger partial charge is 0.166 e. The minimum atomic E-state index is 0. The second-order valence-electron chi connectivity index (χ2n) is 0.537. The van der Waals surface area contributed by atoms with Crippen LogP contribution in [-0.4, -0.2) is 43.1 Å². The zero-order valence-corrected chi connectivity index (χ0v) is 8.37. The minimum absolute atomic E-state index is 0. The maximum atomic E-state index is 3.78. The maximum absolute atomic E-state index is 3.78. The van der Waals surface area contributed by atoms with Crippen LogP contribution >= 0.6 is 25.5 Å². The molecule has 0 unspecified atom stereocenters. The van der Waals surface area contributed by atoms with Crippen molar-refractivity contribution in [3.05, 3.63) is 0 Å². The third-order valence-electron chi connectivity index (χ3n) is 0.240. The molecule has 3 nitrogen and oxygen atoms in total. The first-order valence-electron chi connectivity index (χ1n) is 1.20. The van der Waals surface area contributed by atoms with E-state index in [1.54, 1.807) is 0 Å². The molecule has 1 radical (unpaired) electrons. The summed E-state index contributed by atoms with van der Waals surface area (Å²) in [6.45, 7) is 0. The molecule has 0 aliphatic carbocycles. The van der Waals surface area contributed by atoms with E-state index >= 15 is 0 Å². The maximum Gasteiger partial charge on any atom is 0.166 e. The molecule has 0 saturated carbocycles. The van der Waals surface area contributed by atoms with Gasteiger partial charge in [-0.1, -0.05) is 0 Å². The summed E-state index contributed by atoms with van der Waals surface area (Å²) in [5.41, 5.74) is 0. The summed E-state index contributed by atoms with van der Waals surface area (Å²) in [5, 5.41) is 0. The van der Waals surface area contributed by atoms with Crippen LogP contribution in [0.1, 0.15) is 0 Å². The van der Waals surface area contributed by atoms with E-state index in [2.05, 4.69) is 13.5 Å². The average Bonchev–Trinajstić information content (AvgIpc) is 1.72. The molecule has 0 aliphatic rings. The molecule has 7 heteroatoms. The molecular weight excluding hydrogens is 158 g/mol. The quantitative estimate of drug-likeness (QED) is 0.533. The van der Waals surface area contributed by atoms with Gasteiger partial charge in [-0.15, -0.1) is 0 Å². The number of nitrogens with zero attached hydrogens (tertiary/aromatic N) is 3. The SMILES string of the molecule is [Na].n1pnpnp1. The van der Waals surface area contributed by atoms with Crippen LogP contribution in [0.2, 0.25) is 0 Å². The van der Waals surface area contributed by atoms with Gasteiger partial charge in [0, 0.05) is 29.6 Å². The summed E-state index contributed by atoms with van der Waals surface area (Å²) in [5.74, 6) is 0. The topological polar surface area (TPSA) is 38.7 Å². The van der Waals surface area contributed by atoms with E-state index < -0.39 is 0 Å². The Morgan fingerprint density at radius 1 is 0.714 bits per heavy atom. The molecule has 0 aromatic carbocycles. The van der Waals surface area contributed by atoms with Crippen molar-refractivity contribution in [2.24, 2.45) is 0 Å². The van der Waals surface area contributed by atoms with Gasteiger partial charge in [0.2, 0.25) is 0 Å². The van der Waals surface area contributed by atoms with Crippen LogP contribution in [0.25, 0.3) is 0 Å². The normalized spacial score (nSPS) is 10.3. The Hall–Kier alpha value is 1.30. The van der Waals surface area contributed by atoms with Crippen LogP contribution in [0, 0.1) is 0 Å². The molecule has 7 heavy (non-hydrogen) atoms. The van der Waals surface area contributed by atoms with Gasteiger partial charge in [-0.05, 0) is 0 Å². The number of hydrogen-bond acceptors (Lipinski definition) is 3. The molecule has 1 heterocycles. The largest absolute Gasteiger partial charge is 0.166 e. The van der Waals surface area contributed by atoms with E-state index in [0.717, 1.165) is 25.5 Å². The van der Waals surface area contributed by atoms with Crippen molar-refractivity contribution in [3.8, 4) is 0 Å². The first kappa shape index (κ1) is 8.30. The zero-order chi connectivity index (χ0) is 4.24. The third kappa shape index (κ3) is 3.85. The van der Waals surface area contributed by atoms with Gasteiger partial charge in [0.05, 0.1) is 0 Å². The molecule has 0 saturated heterocycles. The Morgan fingerprint density at radius 2 is 1.00 bits per heavy atom. The average molecular weight is 158 g/mol. The fraction of sp³-hybridized carbons (Fsp3) is 0. The molecule has 0 N–H and O–H groups in total. The van der Waals surface area contributed by atoms with Gasteiger partial charge in [0.25, 0.3) is 0 Å². The van der Waals surface area contributed by atoms with Crippen molar-refractivity contribution in [1.29, 1.82) is 0 Å². The summed E-state index contributed by atoms with van der Waals surface area (Å²) >= 11 is 0. The standard InChI is InChI=1S/N3P3.Na/c1-4-2-6-3-5-1;. The van der Waals surface area contributed by atoms with Gasteiger partial charge in [-0.2, -0.15) is 13.5 Å². The molecule has 0 aliphatic heterocycles. The minimum Gasteiger partial charge on any atom is -0.166 e. The second kappa shape index (κ2) is 5.44. The number of aromatic nitrogens is 3. The molecule has 1 rings (SSSR count). The van der Waals surface area contributed by atoms with Crippen LogP contribution < -0.4 is 0 Å². The monoisotopic (exact) mass is 158 g/mol. The van der Waals surface area contributed by atoms with Crippen molar-refractivity contribution in [3.63, 3.8) is 0 Å². The Morgan fingerprint density at radius 3 is 1.14 bits per heavy atom. The molecule has 0 amide bonds. The van der Waals surface area contributed by atoms with Crippen LogP contribution in [0.5, 0.6) is 0 Å². The summed E-state index contributed by atoms with van der Waals surface area (Å²) < 4.78 is 11.3. The second-order valence-corrected chi connectivity index (χ2v) is 3.22. The Bertz CT molecular complexity index is 82.1. The van der Waals surface area contributed by atoms with E-state index in [0.29, 0.717) is 0 Å². The first-order chi connectivity index (χ1) is 3.00. The van der Waals surface area contributed by atoms with Crippen molar-refractivity contribution >= 4 is 55.1 Å². The van der Waals surface area contributed by atoms with E-state index in [1.165, 1.54) is 0 Å². The van der Waals surface area contributed by atoms with E-state index in [4.69, 9.17) is 0 Å². The fourth-order valence-corrected chi connectivity index (χ4v) is 1.93. The summed E-state index contributed by atoms with van der Waals surface area (Å²) in [6, 6.07) is 0. The van der Waals surface area contributed by atoms with Gasteiger partial charge in [0.15, 0.2) is 25.5 Å². The van der Waals surface area contributed by atoms with Gasteiger partial charge < -0.3 is 0 Å². The van der Waals surface area contributed by atoms with E-state index in [-0.39, 0.29) is 29.6 Å². The van der Waals surface area contributed by atoms with Gasteiger partial charge in [-0.3, -0.25) is 0 Å². The number of rotatable bonds is 0. The van der Waals surface area contributed by atoms with Crippen LogP contribution in [0.4, 0.5) is 0 Å². The molecule has 31 valence electrons. The van der Waals surface area contributed by atoms with E-state index in [9.17, 15) is 0 Å². The first-order valence-corrected chi connectivity index (χ1v) is 3.60. The van der Waals surface area contributed by atoms with Crippen molar-refractivity contribution in [1.82, 2.24) is 13.5 Å². The molecule has 0 atom stereocenters. The van der Waals surface area contributed by atoms with Crippen LogP contribution in [0.15, 0.2) is 0 Å². The van der Waals surface area contributed by atoms with E-state index in [1.807, 2.05) is 0 Å². The predicted octanol–water partition coefficient (Wildman–Crippen LogP) is 1.23. The molecule has 0 bridgehead atoms. The summed E-state index contributed by atoms with van der Waals surface area (Å²) in [7, 11) is 2.49. The van der Waals surface area contributed by atoms with Crippen molar-refractivity contribution in [2.75, 3.05) is 0 Å². The van der Waals surface area contributed by atoms with Crippen molar-refractivity contribution in [2.45, 2.75) is 0 Å². The Labute approximate surface area is 68.3 Å². The van der Waals surface area contributed by atoms with Crippen LogP contribution in [0.3, 0.4) is 0 Å². The molecule has 1 aromatic rings. The third-order valence-corrected chi connectivity index (χ3v) is 2.16. The fourth-order valence-electron chi connectivity index (χ4n) is 0.107. The summed E-state index contributed by atoms with van der Waals surface area (Å²) in [6.07, 6.45) is 0. The molecule has 0 fully saturated rings. The molecular formula is N3NaP3. The van der Waals surface area contributed by atoms with Crippen LogP contribution in [-0.2, 0) is 0 Å². The predicted molar refractivity (Wildman–Crippen MR) is 33.1 cm³/mol. The number of hydrogen-bond donors (Lipinski definition) is 0. The Kier molecular flexibility index (Phi) is 6.45. The molecule has 0 spiro atoms. The van der Waals surface area contributed by atoms with Gasteiger partial charge >= 0.3 is 0 Å². The Balaban J connectivity index is 0.000000360. The summed E-state index contributed by atoms with van der Waals surface area (Å²) in [4.78, 5) is 0. The zero-order valence-electron chi connectivity index (χ0n) is 3.68. The van der Waals surface area contributed by atoms with Gasteiger partial charge in [0.1, 0.15) is 0 Å². The van der Waals surface area contributed by atoms with Crippen molar-refractivity contribution < 1.29 is 0 Å².